The van der Waals surface area contributed by atoms with E-state index < -0.39 is 0 Å². The molecule has 0 amide bonds. The van der Waals surface area contributed by atoms with Crippen LogP contribution in [-0.2, 0) is 0 Å². The van der Waals surface area contributed by atoms with E-state index in [1.54, 1.807) is 0 Å². The molecule has 4 aromatic rings. The molecule has 4 N–H and O–H groups in total. The monoisotopic (exact) mass is 466 g/mol. The predicted molar refractivity (Wildman–Crippen MR) is 137 cm³/mol. The van der Waals surface area contributed by atoms with E-state index in [4.69, 9.17) is 4.98 Å². The van der Waals surface area contributed by atoms with Gasteiger partial charge >= 0.3 is 0 Å². The van der Waals surface area contributed by atoms with Gasteiger partial charge in [0.25, 0.3) is 5.56 Å². The highest BCUT2D eigenvalue weighted by Crippen LogP contribution is 2.34. The van der Waals surface area contributed by atoms with E-state index in [0.717, 1.165) is 53.1 Å². The van der Waals surface area contributed by atoms with Gasteiger partial charge in [-0.3, -0.25) is 4.79 Å². The van der Waals surface area contributed by atoms with Crippen molar-refractivity contribution in [1.82, 2.24) is 19.9 Å². The van der Waals surface area contributed by atoms with E-state index in [2.05, 4.69) is 44.3 Å². The molecule has 33 heavy (non-hydrogen) atoms. The molecule has 0 saturated carbocycles. The predicted octanol–water partition coefficient (Wildman–Crippen LogP) is 3.31. The minimum Gasteiger partial charge on any atom is -0.394 e. The molecule has 1 unspecified atom stereocenters. The maximum Gasteiger partial charge on any atom is 0.262 e. The summed E-state index contributed by atoms with van der Waals surface area (Å²) >= 11 is 1.49. The fraction of sp³-hybridized carbons (Fsp3) is 0.417. The number of hydrogen-bond donors (Lipinski definition) is 4. The number of aliphatic hydroxyl groups excluding tert-OH is 1. The summed E-state index contributed by atoms with van der Waals surface area (Å²) in [4.78, 5) is 29.9. The highest BCUT2D eigenvalue weighted by molar-refractivity contribution is 7.16. The van der Waals surface area contributed by atoms with Gasteiger partial charge in [-0.2, -0.15) is 0 Å². The average Bonchev–Trinajstić information content (AvgIpc) is 3.43. The molecule has 1 aromatic carbocycles. The van der Waals surface area contributed by atoms with Gasteiger partial charge in [0.1, 0.15) is 16.2 Å². The molecule has 1 atom stereocenters. The van der Waals surface area contributed by atoms with Crippen LogP contribution in [-0.4, -0.2) is 70.8 Å². The normalized spacial score (nSPS) is 16.2. The molecule has 1 saturated heterocycles. The molecule has 1 fully saturated rings. The van der Waals surface area contributed by atoms with Gasteiger partial charge in [-0.25, -0.2) is 4.98 Å². The zero-order valence-electron chi connectivity index (χ0n) is 19.2. The van der Waals surface area contributed by atoms with Gasteiger partial charge in [-0.1, -0.05) is 13.8 Å². The lowest BCUT2D eigenvalue weighted by Crippen LogP contribution is -2.44. The van der Waals surface area contributed by atoms with Crippen LogP contribution in [0.25, 0.3) is 32.6 Å². The van der Waals surface area contributed by atoms with Gasteiger partial charge in [0, 0.05) is 37.3 Å². The summed E-state index contributed by atoms with van der Waals surface area (Å²) in [5.41, 5.74) is 3.86. The van der Waals surface area contributed by atoms with Gasteiger partial charge in [-0.15, -0.1) is 11.3 Å². The number of anilines is 2. The third-order valence-corrected chi connectivity index (χ3v) is 7.37. The molecule has 5 rings (SSSR count). The van der Waals surface area contributed by atoms with Crippen LogP contribution in [0.5, 0.6) is 0 Å². The molecule has 0 spiro atoms. The summed E-state index contributed by atoms with van der Waals surface area (Å²) in [7, 11) is 2.15. The molecule has 174 valence electrons. The van der Waals surface area contributed by atoms with Crippen molar-refractivity contribution < 1.29 is 5.11 Å². The number of aromatic amines is 2. The first kappa shape index (κ1) is 21.9. The first-order chi connectivity index (χ1) is 15.9. The number of piperazine rings is 1. The van der Waals surface area contributed by atoms with E-state index in [1.807, 2.05) is 31.4 Å². The summed E-state index contributed by atoms with van der Waals surface area (Å²) in [6, 6.07) is 8.04. The number of fused-ring (bicyclic) bond motifs is 2. The molecule has 1 aliphatic rings. The highest BCUT2D eigenvalue weighted by Gasteiger charge is 2.22. The van der Waals surface area contributed by atoms with E-state index in [1.165, 1.54) is 11.3 Å². The quantitative estimate of drug-likeness (QED) is 0.348. The van der Waals surface area contributed by atoms with Crippen molar-refractivity contribution >= 4 is 44.0 Å². The molecule has 9 heteroatoms. The van der Waals surface area contributed by atoms with Crippen LogP contribution in [0.4, 0.5) is 11.4 Å². The second kappa shape index (κ2) is 8.81. The number of rotatable bonds is 6. The topological polar surface area (TPSA) is 100 Å². The Bertz CT molecular complexity index is 1330. The van der Waals surface area contributed by atoms with Crippen molar-refractivity contribution in [1.29, 1.82) is 0 Å². The molecule has 4 heterocycles. The first-order valence-electron chi connectivity index (χ1n) is 11.4. The summed E-state index contributed by atoms with van der Waals surface area (Å²) in [5.74, 6) is 0.718. The fourth-order valence-electron chi connectivity index (χ4n) is 4.38. The standard InChI is InChI=1S/C24H30N6O2S/c1-14(2)19(13-31)25-21-16-6-11-33-24(16)28-23(32)20(21)22-26-17-5-4-15(12-18(17)27-22)30-9-7-29(3)8-10-30/h4-6,11-12,14,19,31H,7-10,13H2,1-3H3,(H,26,27)(H2,25,28,32). The van der Waals surface area contributed by atoms with E-state index in [-0.39, 0.29) is 24.1 Å². The van der Waals surface area contributed by atoms with Crippen molar-refractivity contribution in [2.45, 2.75) is 19.9 Å². The number of thiophene rings is 1. The SMILES string of the molecule is CC(C)C(CO)Nc1c(-c2nc3ccc(N4CCN(C)CC4)cc3[nH]2)c(=O)[nH]c2sccc12. The van der Waals surface area contributed by atoms with Crippen LogP contribution in [0.2, 0.25) is 0 Å². The minimum atomic E-state index is -0.203. The Hall–Kier alpha value is -2.88. The number of hydrogen-bond acceptors (Lipinski definition) is 7. The Kier molecular flexibility index (Phi) is 5.86. The lowest BCUT2D eigenvalue weighted by Gasteiger charge is -2.34. The number of nitrogens with zero attached hydrogens (tertiary/aromatic N) is 3. The molecular weight excluding hydrogens is 436 g/mol. The number of aromatic nitrogens is 3. The largest absolute Gasteiger partial charge is 0.394 e. The van der Waals surface area contributed by atoms with Crippen molar-refractivity contribution in [3.05, 3.63) is 40.0 Å². The Morgan fingerprint density at radius 3 is 2.70 bits per heavy atom. The third kappa shape index (κ3) is 4.12. The van der Waals surface area contributed by atoms with Crippen LogP contribution in [0.1, 0.15) is 13.8 Å². The minimum absolute atomic E-state index is 0.0238. The van der Waals surface area contributed by atoms with Crippen LogP contribution >= 0.6 is 11.3 Å². The molecule has 0 bridgehead atoms. The fourth-order valence-corrected chi connectivity index (χ4v) is 5.17. The Morgan fingerprint density at radius 1 is 1.18 bits per heavy atom. The molecule has 3 aromatic heterocycles. The molecule has 0 aliphatic carbocycles. The zero-order valence-corrected chi connectivity index (χ0v) is 20.0. The number of imidazole rings is 1. The number of aliphatic hydroxyl groups is 1. The van der Waals surface area contributed by atoms with Crippen molar-refractivity contribution in [2.24, 2.45) is 5.92 Å². The second-order valence-electron chi connectivity index (χ2n) is 9.12. The second-order valence-corrected chi connectivity index (χ2v) is 10.0. The van der Waals surface area contributed by atoms with Gasteiger partial charge < -0.3 is 30.2 Å². The zero-order chi connectivity index (χ0) is 23.1. The lowest BCUT2D eigenvalue weighted by atomic mass is 10.0. The number of pyridine rings is 1. The van der Waals surface area contributed by atoms with Crippen LogP contribution < -0.4 is 15.8 Å². The van der Waals surface area contributed by atoms with Crippen molar-refractivity contribution in [2.75, 3.05) is 50.1 Å². The number of benzene rings is 1. The van der Waals surface area contributed by atoms with E-state index in [0.29, 0.717) is 17.1 Å². The molecule has 8 nitrogen and oxygen atoms in total. The van der Waals surface area contributed by atoms with Crippen LogP contribution in [0.3, 0.4) is 0 Å². The van der Waals surface area contributed by atoms with Gasteiger partial charge in [0.15, 0.2) is 0 Å². The van der Waals surface area contributed by atoms with Gasteiger partial charge in [0.2, 0.25) is 0 Å². The maximum atomic E-state index is 13.2. The third-order valence-electron chi connectivity index (χ3n) is 6.54. The van der Waals surface area contributed by atoms with E-state index in [9.17, 15) is 9.90 Å². The van der Waals surface area contributed by atoms with Gasteiger partial charge in [-0.05, 0) is 42.6 Å². The smallest absolute Gasteiger partial charge is 0.262 e. The molecular formula is C24H30N6O2S. The van der Waals surface area contributed by atoms with E-state index >= 15 is 0 Å². The Morgan fingerprint density at radius 2 is 1.97 bits per heavy atom. The lowest BCUT2D eigenvalue weighted by molar-refractivity contribution is 0.249. The average molecular weight is 467 g/mol. The molecule has 0 radical (unpaired) electrons. The summed E-state index contributed by atoms with van der Waals surface area (Å²) < 4.78 is 0. The van der Waals surface area contributed by atoms with Crippen molar-refractivity contribution in [3.63, 3.8) is 0 Å². The first-order valence-corrected chi connectivity index (χ1v) is 12.3. The maximum absolute atomic E-state index is 13.2. The summed E-state index contributed by atoms with van der Waals surface area (Å²) in [6.45, 7) is 8.13. The van der Waals surface area contributed by atoms with Gasteiger partial charge in [0.05, 0.1) is 29.4 Å². The Balaban J connectivity index is 1.59. The van der Waals surface area contributed by atoms with Crippen molar-refractivity contribution in [3.8, 4) is 11.4 Å². The summed E-state index contributed by atoms with van der Waals surface area (Å²) in [5, 5.41) is 16.2. The number of likely N-dealkylation sites (N-methyl/N-ethyl adjacent to an activating group) is 1. The number of H-pyrrole nitrogens is 2. The molecule has 1 aliphatic heterocycles. The van der Waals surface area contributed by atoms with Crippen LogP contribution in [0.15, 0.2) is 34.4 Å². The summed E-state index contributed by atoms with van der Waals surface area (Å²) in [6.07, 6.45) is 0. The number of nitrogens with one attached hydrogen (secondary N) is 3. The van der Waals surface area contributed by atoms with Crippen LogP contribution in [0, 0.1) is 5.92 Å². The Labute approximate surface area is 196 Å². The highest BCUT2D eigenvalue weighted by atomic mass is 32.1.